The highest BCUT2D eigenvalue weighted by molar-refractivity contribution is 7.99. The Morgan fingerprint density at radius 3 is 3.00 bits per heavy atom. The molecule has 1 aromatic heterocycles. The highest BCUT2D eigenvalue weighted by Gasteiger charge is 2.07. The predicted molar refractivity (Wildman–Crippen MR) is 76.7 cm³/mol. The SMILES string of the molecule is CNC(=O)CSc1n[nH]c(COc2ccccc2C)n1. The van der Waals surface area contributed by atoms with Crippen molar-refractivity contribution in [2.45, 2.75) is 18.7 Å². The summed E-state index contributed by atoms with van der Waals surface area (Å²) in [6, 6.07) is 7.78. The third-order valence-corrected chi connectivity index (χ3v) is 3.43. The second-order valence-corrected chi connectivity index (χ2v) is 5.02. The fourth-order valence-electron chi connectivity index (χ4n) is 1.47. The van der Waals surface area contributed by atoms with Gasteiger partial charge in [-0.05, 0) is 18.6 Å². The molecule has 1 heterocycles. The number of benzene rings is 1. The monoisotopic (exact) mass is 292 g/mol. The summed E-state index contributed by atoms with van der Waals surface area (Å²) in [6.07, 6.45) is 0. The van der Waals surface area contributed by atoms with Crippen LogP contribution in [-0.2, 0) is 11.4 Å². The quantitative estimate of drug-likeness (QED) is 0.789. The lowest BCUT2D eigenvalue weighted by Gasteiger charge is -2.06. The van der Waals surface area contributed by atoms with Gasteiger partial charge in [-0.15, -0.1) is 5.10 Å². The van der Waals surface area contributed by atoms with Crippen molar-refractivity contribution in [3.05, 3.63) is 35.7 Å². The molecule has 7 heteroatoms. The first kappa shape index (κ1) is 14.4. The smallest absolute Gasteiger partial charge is 0.230 e. The minimum atomic E-state index is -0.0579. The van der Waals surface area contributed by atoms with Crippen molar-refractivity contribution >= 4 is 17.7 Å². The molecular formula is C13H16N4O2S. The van der Waals surface area contributed by atoms with E-state index in [-0.39, 0.29) is 5.91 Å². The summed E-state index contributed by atoms with van der Waals surface area (Å²) >= 11 is 1.28. The third kappa shape index (κ3) is 3.99. The zero-order valence-corrected chi connectivity index (χ0v) is 12.2. The number of carbonyl (C=O) groups excluding carboxylic acids is 1. The molecule has 1 amide bonds. The molecule has 6 nitrogen and oxygen atoms in total. The van der Waals surface area contributed by atoms with E-state index in [1.165, 1.54) is 11.8 Å². The van der Waals surface area contributed by atoms with Crippen LogP contribution in [0.15, 0.2) is 29.4 Å². The van der Waals surface area contributed by atoms with Gasteiger partial charge in [0.25, 0.3) is 0 Å². The topological polar surface area (TPSA) is 79.9 Å². The van der Waals surface area contributed by atoms with Gasteiger partial charge in [0.05, 0.1) is 5.75 Å². The van der Waals surface area contributed by atoms with E-state index in [0.29, 0.717) is 23.3 Å². The van der Waals surface area contributed by atoms with Crippen molar-refractivity contribution in [3.8, 4) is 5.75 Å². The Kier molecular flexibility index (Phi) is 5.00. The van der Waals surface area contributed by atoms with Crippen molar-refractivity contribution < 1.29 is 9.53 Å². The molecule has 0 bridgehead atoms. The van der Waals surface area contributed by atoms with Crippen LogP contribution in [0.25, 0.3) is 0 Å². The lowest BCUT2D eigenvalue weighted by Crippen LogP contribution is -2.19. The normalized spacial score (nSPS) is 10.3. The Hall–Kier alpha value is -2.02. The first-order valence-electron chi connectivity index (χ1n) is 6.12. The molecule has 0 radical (unpaired) electrons. The summed E-state index contributed by atoms with van der Waals surface area (Å²) in [5, 5.41) is 9.91. The van der Waals surface area contributed by atoms with Crippen LogP contribution in [-0.4, -0.2) is 33.9 Å². The summed E-state index contributed by atoms with van der Waals surface area (Å²) in [6.45, 7) is 2.30. The molecule has 0 unspecified atom stereocenters. The van der Waals surface area contributed by atoms with E-state index in [2.05, 4.69) is 20.5 Å². The van der Waals surface area contributed by atoms with Crippen molar-refractivity contribution in [3.63, 3.8) is 0 Å². The van der Waals surface area contributed by atoms with E-state index >= 15 is 0 Å². The maximum Gasteiger partial charge on any atom is 0.230 e. The largest absolute Gasteiger partial charge is 0.485 e. The molecule has 2 rings (SSSR count). The molecule has 2 aromatic rings. The summed E-state index contributed by atoms with van der Waals surface area (Å²) in [5.74, 6) is 1.69. The number of H-pyrrole nitrogens is 1. The number of aromatic amines is 1. The van der Waals surface area contributed by atoms with Gasteiger partial charge in [-0.3, -0.25) is 9.89 Å². The highest BCUT2D eigenvalue weighted by Crippen LogP contribution is 2.18. The van der Waals surface area contributed by atoms with Gasteiger partial charge in [-0.2, -0.15) is 0 Å². The fourth-order valence-corrected chi connectivity index (χ4v) is 2.16. The number of rotatable bonds is 6. The fraction of sp³-hybridized carbons (Fsp3) is 0.308. The van der Waals surface area contributed by atoms with Gasteiger partial charge in [0.15, 0.2) is 5.82 Å². The van der Waals surface area contributed by atoms with Crippen LogP contribution in [0.5, 0.6) is 5.75 Å². The zero-order chi connectivity index (χ0) is 14.4. The summed E-state index contributed by atoms with van der Waals surface area (Å²) < 4.78 is 5.66. The molecule has 1 aromatic carbocycles. The lowest BCUT2D eigenvalue weighted by molar-refractivity contribution is -0.118. The summed E-state index contributed by atoms with van der Waals surface area (Å²) in [4.78, 5) is 15.4. The molecule has 106 valence electrons. The van der Waals surface area contributed by atoms with Gasteiger partial charge in [0.2, 0.25) is 11.1 Å². The molecule has 0 aliphatic heterocycles. The molecule has 0 saturated heterocycles. The Labute approximate surface area is 121 Å². The molecule has 2 N–H and O–H groups in total. The van der Waals surface area contributed by atoms with E-state index in [0.717, 1.165) is 11.3 Å². The molecule has 0 saturated carbocycles. The van der Waals surface area contributed by atoms with E-state index in [1.807, 2.05) is 31.2 Å². The highest BCUT2D eigenvalue weighted by atomic mass is 32.2. The molecule has 0 spiro atoms. The number of thioether (sulfide) groups is 1. The first-order valence-corrected chi connectivity index (χ1v) is 7.10. The van der Waals surface area contributed by atoms with Crippen LogP contribution < -0.4 is 10.1 Å². The van der Waals surface area contributed by atoms with E-state index in [9.17, 15) is 4.79 Å². The Bertz CT molecular complexity index is 585. The molecule has 20 heavy (non-hydrogen) atoms. The second-order valence-electron chi connectivity index (χ2n) is 4.08. The maximum atomic E-state index is 11.1. The number of aryl methyl sites for hydroxylation is 1. The average molecular weight is 292 g/mol. The molecule has 0 atom stereocenters. The summed E-state index contributed by atoms with van der Waals surface area (Å²) in [5.41, 5.74) is 1.07. The molecule has 0 fully saturated rings. The lowest BCUT2D eigenvalue weighted by atomic mass is 10.2. The number of amides is 1. The van der Waals surface area contributed by atoms with Gasteiger partial charge in [0.1, 0.15) is 12.4 Å². The van der Waals surface area contributed by atoms with Crippen molar-refractivity contribution in [1.82, 2.24) is 20.5 Å². The van der Waals surface area contributed by atoms with E-state index in [4.69, 9.17) is 4.74 Å². The van der Waals surface area contributed by atoms with Gasteiger partial charge >= 0.3 is 0 Å². The van der Waals surface area contributed by atoms with Crippen molar-refractivity contribution in [1.29, 1.82) is 0 Å². The van der Waals surface area contributed by atoms with Crippen LogP contribution in [0.1, 0.15) is 11.4 Å². The number of ether oxygens (including phenoxy) is 1. The van der Waals surface area contributed by atoms with Crippen LogP contribution in [0.3, 0.4) is 0 Å². The van der Waals surface area contributed by atoms with E-state index < -0.39 is 0 Å². The number of hydrogen-bond donors (Lipinski definition) is 2. The molecular weight excluding hydrogens is 276 g/mol. The summed E-state index contributed by atoms with van der Waals surface area (Å²) in [7, 11) is 1.60. The van der Waals surface area contributed by atoms with Gasteiger partial charge in [0, 0.05) is 7.05 Å². The van der Waals surface area contributed by atoms with Gasteiger partial charge in [-0.25, -0.2) is 4.98 Å². The number of hydrogen-bond acceptors (Lipinski definition) is 5. The molecule has 0 aliphatic carbocycles. The van der Waals surface area contributed by atoms with Gasteiger partial charge in [-0.1, -0.05) is 30.0 Å². The number of nitrogens with zero attached hydrogens (tertiary/aromatic N) is 2. The Balaban J connectivity index is 1.87. The first-order chi connectivity index (χ1) is 9.69. The second kappa shape index (κ2) is 6.95. The van der Waals surface area contributed by atoms with Crippen LogP contribution in [0.4, 0.5) is 0 Å². The zero-order valence-electron chi connectivity index (χ0n) is 11.3. The molecule has 0 aliphatic rings. The van der Waals surface area contributed by atoms with Gasteiger partial charge < -0.3 is 10.1 Å². The van der Waals surface area contributed by atoms with E-state index in [1.54, 1.807) is 7.05 Å². The number of aromatic nitrogens is 3. The Morgan fingerprint density at radius 1 is 1.45 bits per heavy atom. The number of nitrogens with one attached hydrogen (secondary N) is 2. The third-order valence-electron chi connectivity index (χ3n) is 2.58. The number of carbonyl (C=O) groups is 1. The van der Waals surface area contributed by atoms with Crippen molar-refractivity contribution in [2.24, 2.45) is 0 Å². The average Bonchev–Trinajstić information content (AvgIpc) is 2.92. The maximum absolute atomic E-state index is 11.1. The standard InChI is InChI=1S/C13H16N4O2S/c1-9-5-3-4-6-10(9)19-7-11-15-13(17-16-11)20-8-12(18)14-2/h3-6H,7-8H2,1-2H3,(H,14,18)(H,15,16,17). The minimum absolute atomic E-state index is 0.0579. The predicted octanol–water partition coefficient (Wildman–Crippen LogP) is 1.53. The van der Waals surface area contributed by atoms with Crippen LogP contribution >= 0.6 is 11.8 Å². The Morgan fingerprint density at radius 2 is 2.25 bits per heavy atom. The number of para-hydroxylation sites is 1. The van der Waals surface area contributed by atoms with Crippen LogP contribution in [0.2, 0.25) is 0 Å². The van der Waals surface area contributed by atoms with Crippen molar-refractivity contribution in [2.75, 3.05) is 12.8 Å². The minimum Gasteiger partial charge on any atom is -0.485 e. The van der Waals surface area contributed by atoms with Crippen LogP contribution in [0, 0.1) is 6.92 Å².